The van der Waals surface area contributed by atoms with Gasteiger partial charge >= 0.3 is 0 Å². The highest BCUT2D eigenvalue weighted by molar-refractivity contribution is 5.09. The van der Waals surface area contributed by atoms with E-state index in [9.17, 15) is 0 Å². The number of hydrogen-bond acceptors (Lipinski definition) is 2. The van der Waals surface area contributed by atoms with E-state index >= 15 is 0 Å². The van der Waals surface area contributed by atoms with Gasteiger partial charge < -0.3 is 0 Å². The van der Waals surface area contributed by atoms with Gasteiger partial charge in [0, 0.05) is 11.3 Å². The molecule has 0 atom stereocenters. The van der Waals surface area contributed by atoms with Crippen LogP contribution in [0.2, 0.25) is 0 Å². The normalized spacial score (nSPS) is 17.8. The molecule has 1 aromatic heterocycles. The Morgan fingerprint density at radius 3 is 2.69 bits per heavy atom. The summed E-state index contributed by atoms with van der Waals surface area (Å²) >= 11 is 0. The summed E-state index contributed by atoms with van der Waals surface area (Å²) in [5.74, 6) is 2.74. The van der Waals surface area contributed by atoms with E-state index in [0.29, 0.717) is 5.92 Å². The van der Waals surface area contributed by atoms with E-state index < -0.39 is 0 Å². The van der Waals surface area contributed by atoms with Crippen LogP contribution in [0.15, 0.2) is 0 Å². The average Bonchev–Trinajstić information content (AvgIpc) is 2.83. The van der Waals surface area contributed by atoms with E-state index in [2.05, 4.69) is 36.0 Å². The van der Waals surface area contributed by atoms with Gasteiger partial charge in [0.15, 0.2) is 5.82 Å². The molecule has 72 valence electrons. The van der Waals surface area contributed by atoms with Crippen LogP contribution in [0.3, 0.4) is 0 Å². The standard InChI is InChI=1S/C10H17N3/c1-4-10(2,3)9-11-8(12-13-9)7-5-6-7/h7H,4-6H2,1-3H3,(H,11,12,13). The second-order valence-electron chi connectivity index (χ2n) is 4.56. The third-order valence-corrected chi connectivity index (χ3v) is 2.96. The summed E-state index contributed by atoms with van der Waals surface area (Å²) in [5.41, 5.74) is 0.115. The van der Waals surface area contributed by atoms with E-state index in [1.165, 1.54) is 12.8 Å². The zero-order valence-corrected chi connectivity index (χ0v) is 8.59. The largest absolute Gasteiger partial charge is 0.263 e. The first-order chi connectivity index (χ1) is 6.13. The van der Waals surface area contributed by atoms with E-state index in [4.69, 9.17) is 0 Å². The number of aromatic nitrogens is 3. The number of H-pyrrole nitrogens is 1. The lowest BCUT2D eigenvalue weighted by atomic mass is 9.90. The maximum absolute atomic E-state index is 4.55. The maximum Gasteiger partial charge on any atom is 0.156 e. The van der Waals surface area contributed by atoms with Crippen molar-refractivity contribution in [2.45, 2.75) is 51.4 Å². The molecule has 1 N–H and O–H groups in total. The summed E-state index contributed by atoms with van der Waals surface area (Å²) < 4.78 is 0. The van der Waals surface area contributed by atoms with Crippen molar-refractivity contribution in [2.75, 3.05) is 0 Å². The number of nitrogens with zero attached hydrogens (tertiary/aromatic N) is 2. The SMILES string of the molecule is CCC(C)(C)c1n[nH]c(C2CC2)n1. The molecule has 3 nitrogen and oxygen atoms in total. The van der Waals surface area contributed by atoms with Crippen LogP contribution in [0, 0.1) is 0 Å². The summed E-state index contributed by atoms with van der Waals surface area (Å²) in [6.45, 7) is 6.55. The topological polar surface area (TPSA) is 41.6 Å². The van der Waals surface area contributed by atoms with Gasteiger partial charge in [-0.1, -0.05) is 20.8 Å². The minimum atomic E-state index is 0.115. The fourth-order valence-electron chi connectivity index (χ4n) is 1.27. The molecule has 1 aliphatic rings. The Labute approximate surface area is 79.0 Å². The average molecular weight is 179 g/mol. The van der Waals surface area contributed by atoms with Crippen molar-refractivity contribution in [3.63, 3.8) is 0 Å². The highest BCUT2D eigenvalue weighted by Gasteiger charge is 2.30. The minimum Gasteiger partial charge on any atom is -0.263 e. The summed E-state index contributed by atoms with van der Waals surface area (Å²) in [5, 5.41) is 7.33. The third kappa shape index (κ3) is 1.60. The first-order valence-electron chi connectivity index (χ1n) is 5.06. The predicted octanol–water partition coefficient (Wildman–Crippen LogP) is 2.37. The van der Waals surface area contributed by atoms with Crippen LogP contribution in [0.4, 0.5) is 0 Å². The van der Waals surface area contributed by atoms with Crippen LogP contribution in [-0.4, -0.2) is 15.2 Å². The number of aromatic amines is 1. The molecule has 3 heteroatoms. The lowest BCUT2D eigenvalue weighted by Gasteiger charge is -2.17. The summed E-state index contributed by atoms with van der Waals surface area (Å²) in [4.78, 5) is 4.55. The Morgan fingerprint density at radius 1 is 1.46 bits per heavy atom. The monoisotopic (exact) mass is 179 g/mol. The fourth-order valence-corrected chi connectivity index (χ4v) is 1.27. The van der Waals surface area contributed by atoms with E-state index in [-0.39, 0.29) is 5.41 Å². The first-order valence-corrected chi connectivity index (χ1v) is 5.06. The Morgan fingerprint density at radius 2 is 2.15 bits per heavy atom. The van der Waals surface area contributed by atoms with Crippen molar-refractivity contribution in [3.05, 3.63) is 11.6 Å². The van der Waals surface area contributed by atoms with E-state index in [1.807, 2.05) is 0 Å². The first kappa shape index (κ1) is 8.73. The summed E-state index contributed by atoms with van der Waals surface area (Å²) in [6, 6.07) is 0. The predicted molar refractivity (Wildman–Crippen MR) is 51.7 cm³/mol. The van der Waals surface area contributed by atoms with Gasteiger partial charge in [0.1, 0.15) is 5.82 Å². The highest BCUT2D eigenvalue weighted by atomic mass is 15.2. The third-order valence-electron chi connectivity index (χ3n) is 2.96. The zero-order valence-electron chi connectivity index (χ0n) is 8.59. The summed E-state index contributed by atoms with van der Waals surface area (Å²) in [7, 11) is 0. The van der Waals surface area contributed by atoms with Crippen molar-refractivity contribution in [3.8, 4) is 0 Å². The molecular formula is C10H17N3. The second-order valence-corrected chi connectivity index (χ2v) is 4.56. The van der Waals surface area contributed by atoms with Crippen LogP contribution >= 0.6 is 0 Å². The van der Waals surface area contributed by atoms with Crippen LogP contribution in [0.5, 0.6) is 0 Å². The Balaban J connectivity index is 2.20. The molecule has 0 saturated heterocycles. The molecule has 0 amide bonds. The Hall–Kier alpha value is -0.860. The number of hydrogen-bond donors (Lipinski definition) is 1. The lowest BCUT2D eigenvalue weighted by Crippen LogP contribution is -2.17. The zero-order chi connectivity index (χ0) is 9.47. The van der Waals surface area contributed by atoms with Crippen molar-refractivity contribution in [1.29, 1.82) is 0 Å². The second kappa shape index (κ2) is 2.82. The van der Waals surface area contributed by atoms with Gasteiger partial charge in [0.05, 0.1) is 0 Å². The molecule has 0 bridgehead atoms. The molecule has 0 radical (unpaired) electrons. The van der Waals surface area contributed by atoms with Gasteiger partial charge in [-0.15, -0.1) is 0 Å². The van der Waals surface area contributed by atoms with Gasteiger partial charge in [-0.3, -0.25) is 5.10 Å². The van der Waals surface area contributed by atoms with Gasteiger partial charge in [0.2, 0.25) is 0 Å². The molecule has 1 heterocycles. The number of nitrogens with one attached hydrogen (secondary N) is 1. The fraction of sp³-hybridized carbons (Fsp3) is 0.800. The molecule has 13 heavy (non-hydrogen) atoms. The van der Waals surface area contributed by atoms with Crippen molar-refractivity contribution in [2.24, 2.45) is 0 Å². The molecule has 1 aromatic rings. The van der Waals surface area contributed by atoms with Gasteiger partial charge in [-0.2, -0.15) is 5.10 Å². The highest BCUT2D eigenvalue weighted by Crippen LogP contribution is 2.38. The van der Waals surface area contributed by atoms with Crippen molar-refractivity contribution < 1.29 is 0 Å². The Kier molecular flexibility index (Phi) is 1.90. The molecule has 0 unspecified atom stereocenters. The van der Waals surface area contributed by atoms with Gasteiger partial charge in [-0.25, -0.2) is 4.98 Å². The summed E-state index contributed by atoms with van der Waals surface area (Å²) in [6.07, 6.45) is 3.64. The van der Waals surface area contributed by atoms with Crippen LogP contribution < -0.4 is 0 Å². The molecule has 0 aromatic carbocycles. The quantitative estimate of drug-likeness (QED) is 0.774. The molecule has 2 rings (SSSR count). The van der Waals surface area contributed by atoms with E-state index in [0.717, 1.165) is 18.1 Å². The van der Waals surface area contributed by atoms with Crippen molar-refractivity contribution >= 4 is 0 Å². The van der Waals surface area contributed by atoms with Crippen LogP contribution in [0.1, 0.15) is 57.6 Å². The van der Waals surface area contributed by atoms with E-state index in [1.54, 1.807) is 0 Å². The molecule has 1 aliphatic carbocycles. The molecule has 1 saturated carbocycles. The maximum atomic E-state index is 4.55. The minimum absolute atomic E-state index is 0.115. The smallest absolute Gasteiger partial charge is 0.156 e. The van der Waals surface area contributed by atoms with Gasteiger partial charge in [-0.05, 0) is 19.3 Å². The lowest BCUT2D eigenvalue weighted by molar-refractivity contribution is 0.474. The number of rotatable bonds is 3. The van der Waals surface area contributed by atoms with Crippen LogP contribution in [0.25, 0.3) is 0 Å². The van der Waals surface area contributed by atoms with Crippen LogP contribution in [-0.2, 0) is 5.41 Å². The molecule has 0 aliphatic heterocycles. The van der Waals surface area contributed by atoms with Gasteiger partial charge in [0.25, 0.3) is 0 Å². The molecule has 0 spiro atoms. The molecular weight excluding hydrogens is 162 g/mol. The van der Waals surface area contributed by atoms with Crippen molar-refractivity contribution in [1.82, 2.24) is 15.2 Å². The Bertz CT molecular complexity index is 297. The molecule has 1 fully saturated rings.